The number of sulfone groups is 2. The predicted molar refractivity (Wildman–Crippen MR) is 132 cm³/mol. The van der Waals surface area contributed by atoms with Gasteiger partial charge in [-0.3, -0.25) is 0 Å². The van der Waals surface area contributed by atoms with E-state index in [4.69, 9.17) is 0 Å². The minimum absolute atomic E-state index is 0.257. The van der Waals surface area contributed by atoms with Gasteiger partial charge in [-0.05, 0) is 62.7 Å². The summed E-state index contributed by atoms with van der Waals surface area (Å²) >= 11 is 1.51. The average molecular weight is 551 g/mol. The van der Waals surface area contributed by atoms with Crippen LogP contribution in [-0.2, 0) is 19.7 Å². The van der Waals surface area contributed by atoms with E-state index in [0.717, 1.165) is 55.8 Å². The van der Waals surface area contributed by atoms with Crippen molar-refractivity contribution in [3.63, 3.8) is 0 Å². The quantitative estimate of drug-likeness (QED) is 0.424. The fourth-order valence-electron chi connectivity index (χ4n) is 3.85. The molecule has 0 unspecified atom stereocenters. The van der Waals surface area contributed by atoms with Crippen molar-refractivity contribution < 1.29 is 30.0 Å². The molecule has 3 rings (SSSR count). The minimum atomic E-state index is -5.78. The zero-order valence-electron chi connectivity index (χ0n) is 19.3. The molecule has 1 heterocycles. The third kappa shape index (κ3) is 7.61. The number of alkyl halides is 3. The van der Waals surface area contributed by atoms with Gasteiger partial charge in [0.15, 0.2) is 9.84 Å². The molecule has 35 heavy (non-hydrogen) atoms. The summed E-state index contributed by atoms with van der Waals surface area (Å²) in [5, 5.41) is 2.99. The first-order valence-corrected chi connectivity index (χ1v) is 15.6. The molecule has 0 saturated carbocycles. The minimum Gasteiger partial charge on any atom is -0.380 e. The van der Waals surface area contributed by atoms with Crippen LogP contribution in [0.2, 0.25) is 0 Å². The fraction of sp³-hybridized carbons (Fsp3) is 0.478. The fourth-order valence-corrected chi connectivity index (χ4v) is 6.51. The Morgan fingerprint density at radius 1 is 1.00 bits per heavy atom. The van der Waals surface area contributed by atoms with Crippen LogP contribution in [0.3, 0.4) is 0 Å². The highest BCUT2D eigenvalue weighted by Crippen LogP contribution is 2.36. The van der Waals surface area contributed by atoms with Crippen LogP contribution in [0, 0.1) is 0 Å². The van der Waals surface area contributed by atoms with E-state index in [-0.39, 0.29) is 11.7 Å². The van der Waals surface area contributed by atoms with Crippen molar-refractivity contribution in [2.75, 3.05) is 37.0 Å². The molecule has 1 aliphatic heterocycles. The third-order valence-corrected chi connectivity index (χ3v) is 9.58. The third-order valence-electron chi connectivity index (χ3n) is 5.77. The van der Waals surface area contributed by atoms with E-state index in [9.17, 15) is 30.0 Å². The highest BCUT2D eigenvalue weighted by Gasteiger charge is 2.48. The van der Waals surface area contributed by atoms with Crippen molar-refractivity contribution in [1.82, 2.24) is 4.90 Å². The molecule has 0 bridgehead atoms. The Hall–Kier alpha value is -1.76. The van der Waals surface area contributed by atoms with Crippen molar-refractivity contribution in [2.24, 2.45) is 0 Å². The standard InChI is InChI=1S/C23H29F3N2O4S3/c1-34(29,30)20-10-11-21(22(16-20)35(31,32)23(24,25)26)27-18(12-15-28-13-6-3-7-14-28)17-33-19-8-4-2-5-9-19/h2,4-5,8-11,16,18,27H,3,6-7,12-15,17H2,1H3/t18-/m1/s1. The van der Waals surface area contributed by atoms with Crippen LogP contribution in [0.4, 0.5) is 18.9 Å². The summed E-state index contributed by atoms with van der Waals surface area (Å²) in [6.07, 6.45) is 4.76. The maximum Gasteiger partial charge on any atom is 0.501 e. The number of piperidine rings is 1. The molecule has 1 fully saturated rings. The highest BCUT2D eigenvalue weighted by molar-refractivity contribution is 7.99. The predicted octanol–water partition coefficient (Wildman–Crippen LogP) is 4.83. The molecule has 2 aromatic rings. The van der Waals surface area contributed by atoms with Crippen molar-refractivity contribution in [2.45, 2.75) is 51.9 Å². The molecule has 0 spiro atoms. The van der Waals surface area contributed by atoms with Crippen molar-refractivity contribution in [3.8, 4) is 0 Å². The van der Waals surface area contributed by atoms with Gasteiger partial charge in [0.2, 0.25) is 0 Å². The van der Waals surface area contributed by atoms with E-state index < -0.39 is 35.0 Å². The van der Waals surface area contributed by atoms with E-state index >= 15 is 0 Å². The maximum atomic E-state index is 13.4. The van der Waals surface area contributed by atoms with Gasteiger partial charge in [-0.2, -0.15) is 13.2 Å². The van der Waals surface area contributed by atoms with Crippen LogP contribution in [0.25, 0.3) is 0 Å². The number of anilines is 1. The van der Waals surface area contributed by atoms with Gasteiger partial charge in [0, 0.05) is 29.5 Å². The second kappa shape index (κ2) is 11.5. The summed E-state index contributed by atoms with van der Waals surface area (Å²) < 4.78 is 88.9. The summed E-state index contributed by atoms with van der Waals surface area (Å²) in [6.45, 7) is 2.63. The van der Waals surface area contributed by atoms with E-state index in [2.05, 4.69) is 10.2 Å². The number of hydrogen-bond acceptors (Lipinski definition) is 7. The number of hydrogen-bond donors (Lipinski definition) is 1. The number of benzene rings is 2. The van der Waals surface area contributed by atoms with Crippen LogP contribution in [0.15, 0.2) is 63.2 Å². The van der Waals surface area contributed by atoms with Gasteiger partial charge in [0.05, 0.1) is 10.6 Å². The molecule has 0 amide bonds. The largest absolute Gasteiger partial charge is 0.501 e. The Morgan fingerprint density at radius 2 is 1.66 bits per heavy atom. The van der Waals surface area contributed by atoms with E-state index in [1.807, 2.05) is 30.3 Å². The van der Waals surface area contributed by atoms with Gasteiger partial charge in [-0.15, -0.1) is 11.8 Å². The zero-order valence-corrected chi connectivity index (χ0v) is 21.7. The number of nitrogens with one attached hydrogen (secondary N) is 1. The van der Waals surface area contributed by atoms with Gasteiger partial charge in [0.1, 0.15) is 4.90 Å². The second-order valence-electron chi connectivity index (χ2n) is 8.54. The van der Waals surface area contributed by atoms with Crippen molar-refractivity contribution >= 4 is 37.1 Å². The summed E-state index contributed by atoms with van der Waals surface area (Å²) in [4.78, 5) is 1.70. The molecule has 6 nitrogen and oxygen atoms in total. The first-order chi connectivity index (χ1) is 16.4. The van der Waals surface area contributed by atoms with E-state index in [0.29, 0.717) is 18.2 Å². The van der Waals surface area contributed by atoms with Crippen LogP contribution < -0.4 is 5.32 Å². The number of rotatable bonds is 10. The molecule has 12 heteroatoms. The lowest BCUT2D eigenvalue weighted by Crippen LogP contribution is -2.35. The number of likely N-dealkylation sites (tertiary alicyclic amines) is 1. The molecule has 1 saturated heterocycles. The van der Waals surface area contributed by atoms with Crippen LogP contribution in [0.1, 0.15) is 25.7 Å². The smallest absolute Gasteiger partial charge is 0.380 e. The summed E-state index contributed by atoms with van der Waals surface area (Å²) in [5.74, 6) is 0.483. The molecule has 1 N–H and O–H groups in total. The number of nitrogens with zero attached hydrogens (tertiary/aromatic N) is 1. The molecule has 194 valence electrons. The first kappa shape index (κ1) is 27.8. The molecular formula is C23H29F3N2O4S3. The van der Waals surface area contributed by atoms with Crippen LogP contribution >= 0.6 is 11.8 Å². The number of thioether (sulfide) groups is 1. The molecule has 2 aromatic carbocycles. The Labute approximate surface area is 209 Å². The van der Waals surface area contributed by atoms with Crippen molar-refractivity contribution in [3.05, 3.63) is 48.5 Å². The first-order valence-electron chi connectivity index (χ1n) is 11.2. The average Bonchev–Trinajstić information content (AvgIpc) is 2.81. The Bertz CT molecular complexity index is 1200. The summed E-state index contributed by atoms with van der Waals surface area (Å²) in [7, 11) is -9.70. The summed E-state index contributed by atoms with van der Waals surface area (Å²) in [5.41, 5.74) is -5.83. The van der Waals surface area contributed by atoms with E-state index in [1.165, 1.54) is 18.2 Å². The van der Waals surface area contributed by atoms with Crippen LogP contribution in [0.5, 0.6) is 0 Å². The molecule has 0 radical (unpaired) electrons. The maximum absolute atomic E-state index is 13.4. The van der Waals surface area contributed by atoms with Gasteiger partial charge in [0.25, 0.3) is 9.84 Å². The lowest BCUT2D eigenvalue weighted by Gasteiger charge is -2.29. The molecule has 1 atom stereocenters. The van der Waals surface area contributed by atoms with Crippen molar-refractivity contribution in [1.29, 1.82) is 0 Å². The number of halogens is 3. The molecular weight excluding hydrogens is 521 g/mol. The molecule has 0 aromatic heterocycles. The second-order valence-corrected chi connectivity index (χ2v) is 13.6. The normalized spacial score (nSPS) is 16.7. The van der Waals surface area contributed by atoms with E-state index in [1.54, 1.807) is 0 Å². The summed E-state index contributed by atoms with van der Waals surface area (Å²) in [6, 6.07) is 12.0. The lowest BCUT2D eigenvalue weighted by atomic mass is 10.1. The van der Waals surface area contributed by atoms with Gasteiger partial charge >= 0.3 is 5.51 Å². The topological polar surface area (TPSA) is 83.6 Å². The lowest BCUT2D eigenvalue weighted by molar-refractivity contribution is -0.0435. The van der Waals surface area contributed by atoms with Crippen LogP contribution in [-0.4, -0.2) is 64.9 Å². The van der Waals surface area contributed by atoms with Gasteiger partial charge in [-0.25, -0.2) is 16.8 Å². The Morgan fingerprint density at radius 3 is 2.26 bits per heavy atom. The zero-order chi connectivity index (χ0) is 25.7. The van der Waals surface area contributed by atoms with Gasteiger partial charge in [-0.1, -0.05) is 24.6 Å². The highest BCUT2D eigenvalue weighted by atomic mass is 32.2. The Balaban J connectivity index is 1.91. The molecule has 1 aliphatic rings. The van der Waals surface area contributed by atoms with Gasteiger partial charge < -0.3 is 10.2 Å². The molecule has 0 aliphatic carbocycles. The SMILES string of the molecule is CS(=O)(=O)c1ccc(N[C@H](CCN2CCCCC2)CSc2ccccc2)c(S(=O)(=O)C(F)(F)F)c1. The monoisotopic (exact) mass is 550 g/mol. The Kier molecular flexibility index (Phi) is 9.16.